The molecule has 0 rings (SSSR count). The van der Waals surface area contributed by atoms with Gasteiger partial charge in [0.25, 0.3) is 0 Å². The summed E-state index contributed by atoms with van der Waals surface area (Å²) in [5.74, 6) is -0.939. The van der Waals surface area contributed by atoms with Crippen molar-refractivity contribution in [2.45, 2.75) is 180 Å². The molecule has 0 amide bonds. The first kappa shape index (κ1) is 47.4. The lowest BCUT2D eigenvalue weighted by molar-refractivity contribution is -0.161. The number of hydrogen-bond acceptors (Lipinski definition) is 9. The molecule has 0 aliphatic carbocycles. The van der Waals surface area contributed by atoms with Gasteiger partial charge < -0.3 is 24.6 Å². The number of aliphatic hydroxyl groups is 2. The Hall–Kier alpha value is -1.55. The third-order valence-corrected chi connectivity index (χ3v) is 9.04. The van der Waals surface area contributed by atoms with Gasteiger partial charge in [-0.1, -0.05) is 141 Å². The second-order valence-electron chi connectivity index (χ2n) is 13.0. The van der Waals surface area contributed by atoms with Crippen LogP contribution in [0, 0.1) is 0 Å². The third kappa shape index (κ3) is 34.7. The van der Waals surface area contributed by atoms with E-state index < -0.39 is 51.8 Å². The lowest BCUT2D eigenvalue weighted by atomic mass is 10.0. The molecule has 10 nitrogen and oxygen atoms in total. The van der Waals surface area contributed by atoms with E-state index in [4.69, 9.17) is 19.1 Å². The fourth-order valence-electron chi connectivity index (χ4n) is 5.09. The molecule has 0 bridgehead atoms. The highest BCUT2D eigenvalue weighted by atomic mass is 31.2. The molecule has 3 atom stereocenters. The van der Waals surface area contributed by atoms with Gasteiger partial charge in [-0.25, -0.2) is 4.57 Å². The Bertz CT molecular complexity index is 879. The van der Waals surface area contributed by atoms with Crippen molar-refractivity contribution in [3.8, 4) is 0 Å². The number of rotatable bonds is 36. The van der Waals surface area contributed by atoms with Crippen molar-refractivity contribution >= 4 is 19.8 Å². The summed E-state index contributed by atoms with van der Waals surface area (Å²) in [5, 5.41) is 18.3. The van der Waals surface area contributed by atoms with Crippen LogP contribution < -0.4 is 0 Å². The monoisotopic (exact) mass is 718 g/mol. The Labute approximate surface area is 298 Å². The smallest absolute Gasteiger partial charge is 0.462 e. The summed E-state index contributed by atoms with van der Waals surface area (Å²) in [6.45, 7) is 2.29. The van der Waals surface area contributed by atoms with Crippen LogP contribution in [0.1, 0.15) is 168 Å². The van der Waals surface area contributed by atoms with Crippen molar-refractivity contribution in [3.05, 3.63) is 24.3 Å². The maximum absolute atomic E-state index is 12.5. The molecule has 0 spiro atoms. The van der Waals surface area contributed by atoms with Crippen LogP contribution in [-0.2, 0) is 32.7 Å². The van der Waals surface area contributed by atoms with E-state index in [1.54, 1.807) is 0 Å². The first-order valence-electron chi connectivity index (χ1n) is 19.3. The highest BCUT2D eigenvalue weighted by Crippen LogP contribution is 2.43. The molecule has 0 aromatic rings. The minimum Gasteiger partial charge on any atom is -0.462 e. The quantitative estimate of drug-likeness (QED) is 0.0248. The van der Waals surface area contributed by atoms with Gasteiger partial charge in [0.05, 0.1) is 19.8 Å². The zero-order valence-electron chi connectivity index (χ0n) is 30.9. The summed E-state index contributed by atoms with van der Waals surface area (Å²) in [6, 6.07) is 0. The minimum absolute atomic E-state index is 0.170. The average Bonchev–Trinajstić information content (AvgIpc) is 3.09. The summed E-state index contributed by atoms with van der Waals surface area (Å²) >= 11 is 0. The maximum atomic E-state index is 12.5. The number of carbonyl (C=O) groups excluding carboxylic acids is 2. The van der Waals surface area contributed by atoms with Gasteiger partial charge in [0.1, 0.15) is 12.7 Å². The molecule has 0 aromatic carbocycles. The number of aliphatic hydroxyl groups excluding tert-OH is 2. The fraction of sp³-hybridized carbons (Fsp3) is 0.842. The van der Waals surface area contributed by atoms with Gasteiger partial charge in [-0.15, -0.1) is 0 Å². The number of carbonyl (C=O) groups is 2. The zero-order valence-corrected chi connectivity index (χ0v) is 31.8. The highest BCUT2D eigenvalue weighted by Gasteiger charge is 2.27. The molecule has 0 aliphatic heterocycles. The Morgan fingerprint density at radius 2 is 1.10 bits per heavy atom. The number of allylic oxidation sites excluding steroid dienone is 4. The fourth-order valence-corrected chi connectivity index (χ4v) is 5.88. The maximum Gasteiger partial charge on any atom is 0.472 e. The third-order valence-electron chi connectivity index (χ3n) is 8.09. The SMILES string of the molecule is CCC/C=C\C/C=C\CCCCCCCC(=O)OC(COC(=O)CCCCCCCCCCCCCCC)COP(=O)(O)OCC(O)CO. The predicted molar refractivity (Wildman–Crippen MR) is 196 cm³/mol. The van der Waals surface area contributed by atoms with Crippen molar-refractivity contribution in [2.75, 3.05) is 26.4 Å². The van der Waals surface area contributed by atoms with Crippen LogP contribution in [0.4, 0.5) is 0 Å². The van der Waals surface area contributed by atoms with Crippen LogP contribution in [0.3, 0.4) is 0 Å². The first-order valence-corrected chi connectivity index (χ1v) is 20.8. The van der Waals surface area contributed by atoms with E-state index in [1.807, 2.05) is 0 Å². The Morgan fingerprint density at radius 3 is 1.65 bits per heavy atom. The summed E-state index contributed by atoms with van der Waals surface area (Å²) in [4.78, 5) is 34.8. The van der Waals surface area contributed by atoms with Crippen LogP contribution in [0.5, 0.6) is 0 Å². The number of unbranched alkanes of at least 4 members (excludes halogenated alkanes) is 18. The molecule has 49 heavy (non-hydrogen) atoms. The Morgan fingerprint density at radius 1 is 0.612 bits per heavy atom. The summed E-state index contributed by atoms with van der Waals surface area (Å²) in [5.41, 5.74) is 0. The molecule has 0 aliphatic rings. The first-order chi connectivity index (χ1) is 23.7. The van der Waals surface area contributed by atoms with Crippen LogP contribution in [-0.4, -0.2) is 65.7 Å². The summed E-state index contributed by atoms with van der Waals surface area (Å²) in [6.07, 6.45) is 31.4. The van der Waals surface area contributed by atoms with Crippen molar-refractivity contribution in [3.63, 3.8) is 0 Å². The van der Waals surface area contributed by atoms with Gasteiger partial charge in [-0.2, -0.15) is 0 Å². The molecule has 3 unspecified atom stereocenters. The van der Waals surface area contributed by atoms with E-state index in [2.05, 4.69) is 42.7 Å². The van der Waals surface area contributed by atoms with Gasteiger partial charge in [-0.3, -0.25) is 18.6 Å². The van der Waals surface area contributed by atoms with Crippen molar-refractivity contribution < 1.29 is 47.8 Å². The number of phosphoric ester groups is 1. The standard InChI is InChI=1S/C38H71O10P/c1-3-5-7-9-11-13-15-17-19-21-23-25-27-29-37(41)45-33-36(34-47-49(43,44)46-32-35(40)31-39)48-38(42)30-28-26-24-22-20-18-16-14-12-10-8-6-4-2/h8,10,14,16,35-36,39-40H,3-7,9,11-13,15,17-34H2,1-2H3,(H,43,44)/b10-8-,16-14-. The van der Waals surface area contributed by atoms with E-state index >= 15 is 0 Å². The van der Waals surface area contributed by atoms with E-state index in [1.165, 1.54) is 64.2 Å². The molecule has 0 saturated heterocycles. The topological polar surface area (TPSA) is 149 Å². The molecule has 0 aromatic heterocycles. The van der Waals surface area contributed by atoms with Crippen LogP contribution >= 0.6 is 7.82 Å². The number of ether oxygens (including phenoxy) is 2. The second kappa shape index (κ2) is 34.9. The Kier molecular flexibility index (Phi) is 33.8. The highest BCUT2D eigenvalue weighted by molar-refractivity contribution is 7.47. The number of esters is 2. The van der Waals surface area contributed by atoms with Crippen molar-refractivity contribution in [1.82, 2.24) is 0 Å². The van der Waals surface area contributed by atoms with Crippen molar-refractivity contribution in [1.29, 1.82) is 0 Å². The van der Waals surface area contributed by atoms with E-state index in [-0.39, 0.29) is 19.4 Å². The minimum atomic E-state index is -4.61. The second-order valence-corrected chi connectivity index (χ2v) is 14.4. The van der Waals surface area contributed by atoms with Gasteiger partial charge in [0, 0.05) is 12.8 Å². The molecule has 11 heteroatoms. The molecular formula is C38H71O10P. The number of phosphoric acid groups is 1. The van der Waals surface area contributed by atoms with E-state index in [0.29, 0.717) is 12.8 Å². The molecule has 0 heterocycles. The Balaban J connectivity index is 4.37. The number of hydrogen-bond donors (Lipinski definition) is 3. The van der Waals surface area contributed by atoms with Gasteiger partial charge >= 0.3 is 19.8 Å². The average molecular weight is 719 g/mol. The molecule has 0 fully saturated rings. The lowest BCUT2D eigenvalue weighted by Crippen LogP contribution is -2.29. The molecular weight excluding hydrogens is 647 g/mol. The van der Waals surface area contributed by atoms with E-state index in [9.17, 15) is 24.2 Å². The molecule has 3 N–H and O–H groups in total. The van der Waals surface area contributed by atoms with Crippen LogP contribution in [0.2, 0.25) is 0 Å². The van der Waals surface area contributed by atoms with Gasteiger partial charge in [0.2, 0.25) is 0 Å². The molecule has 0 saturated carbocycles. The molecule has 288 valence electrons. The zero-order chi connectivity index (χ0) is 36.3. The largest absolute Gasteiger partial charge is 0.472 e. The molecule has 0 radical (unpaired) electrons. The predicted octanol–water partition coefficient (Wildman–Crippen LogP) is 9.44. The van der Waals surface area contributed by atoms with E-state index in [0.717, 1.165) is 64.2 Å². The summed E-state index contributed by atoms with van der Waals surface area (Å²) < 4.78 is 32.6. The van der Waals surface area contributed by atoms with Gasteiger partial charge in [0.15, 0.2) is 6.10 Å². The van der Waals surface area contributed by atoms with Crippen LogP contribution in [0.25, 0.3) is 0 Å². The lowest BCUT2D eigenvalue weighted by Gasteiger charge is -2.20. The normalized spacial score (nSPS) is 14.3. The van der Waals surface area contributed by atoms with Gasteiger partial charge in [-0.05, 0) is 38.5 Å². The van der Waals surface area contributed by atoms with Crippen molar-refractivity contribution in [2.24, 2.45) is 0 Å². The summed E-state index contributed by atoms with van der Waals surface area (Å²) in [7, 11) is -4.61. The van der Waals surface area contributed by atoms with Crippen LogP contribution in [0.15, 0.2) is 24.3 Å².